The van der Waals surface area contributed by atoms with Crippen LogP contribution in [0.1, 0.15) is 11.3 Å². The highest BCUT2D eigenvalue weighted by atomic mass is 35.5. The lowest BCUT2D eigenvalue weighted by molar-refractivity contribution is -0.107. The van der Waals surface area contributed by atoms with Gasteiger partial charge in [0.1, 0.15) is 6.29 Å². The summed E-state index contributed by atoms with van der Waals surface area (Å²) < 4.78 is 1.80. The van der Waals surface area contributed by atoms with Gasteiger partial charge in [-0.25, -0.2) is 4.68 Å². The van der Waals surface area contributed by atoms with Crippen LogP contribution < -0.4 is 0 Å². The van der Waals surface area contributed by atoms with E-state index < -0.39 is 0 Å². The maximum atomic E-state index is 10.5. The first-order chi connectivity index (χ1) is 7.72. The summed E-state index contributed by atoms with van der Waals surface area (Å²) >= 11 is 5.82. The zero-order valence-corrected chi connectivity index (χ0v) is 9.61. The van der Waals surface area contributed by atoms with Crippen molar-refractivity contribution < 1.29 is 4.79 Å². The number of hydrogen-bond acceptors (Lipinski definition) is 2. The molecule has 0 unspecified atom stereocenters. The predicted molar refractivity (Wildman–Crippen MR) is 63.1 cm³/mol. The van der Waals surface area contributed by atoms with E-state index in [9.17, 15) is 4.79 Å². The van der Waals surface area contributed by atoms with Crippen molar-refractivity contribution in [2.24, 2.45) is 0 Å². The first-order valence-corrected chi connectivity index (χ1v) is 5.33. The highest BCUT2D eigenvalue weighted by Gasteiger charge is 2.07. The molecule has 0 fully saturated rings. The quantitative estimate of drug-likeness (QED) is 0.765. The van der Waals surface area contributed by atoms with E-state index in [2.05, 4.69) is 5.10 Å². The Morgan fingerprint density at radius 3 is 2.69 bits per heavy atom. The number of aldehydes is 1. The highest BCUT2D eigenvalue weighted by molar-refractivity contribution is 6.30. The number of carbonyl (C=O) groups excluding carboxylic acids is 1. The van der Waals surface area contributed by atoms with E-state index in [4.69, 9.17) is 11.6 Å². The zero-order chi connectivity index (χ0) is 11.5. The van der Waals surface area contributed by atoms with Crippen molar-refractivity contribution in [3.8, 4) is 5.69 Å². The number of hydrogen-bond donors (Lipinski definition) is 0. The topological polar surface area (TPSA) is 34.9 Å². The molecule has 0 N–H and O–H groups in total. The lowest BCUT2D eigenvalue weighted by Gasteiger charge is -2.04. The summed E-state index contributed by atoms with van der Waals surface area (Å²) in [7, 11) is 0. The van der Waals surface area contributed by atoms with Crippen LogP contribution in [-0.4, -0.2) is 16.1 Å². The number of aromatic nitrogens is 2. The van der Waals surface area contributed by atoms with Gasteiger partial charge < -0.3 is 4.79 Å². The van der Waals surface area contributed by atoms with Crippen molar-refractivity contribution in [2.45, 2.75) is 13.3 Å². The smallest absolute Gasteiger partial charge is 0.124 e. The Labute approximate surface area is 98.7 Å². The molecule has 0 saturated carbocycles. The van der Waals surface area contributed by atoms with Gasteiger partial charge in [-0.2, -0.15) is 5.10 Å². The number of nitrogens with zero attached hydrogens (tertiary/aromatic N) is 2. The average Bonchev–Trinajstić information content (AvgIpc) is 2.63. The summed E-state index contributed by atoms with van der Waals surface area (Å²) in [6.07, 6.45) is 3.01. The molecule has 0 atom stereocenters. The van der Waals surface area contributed by atoms with E-state index in [-0.39, 0.29) is 0 Å². The fraction of sp³-hybridized carbons (Fsp3) is 0.167. The maximum Gasteiger partial charge on any atom is 0.124 e. The van der Waals surface area contributed by atoms with Gasteiger partial charge in [-0.05, 0) is 31.2 Å². The Bertz CT molecular complexity index is 502. The summed E-state index contributed by atoms with van der Waals surface area (Å²) in [4.78, 5) is 10.5. The van der Waals surface area contributed by atoms with E-state index >= 15 is 0 Å². The highest BCUT2D eigenvalue weighted by Crippen LogP contribution is 2.16. The fourth-order valence-corrected chi connectivity index (χ4v) is 1.70. The molecular formula is C12H11ClN2O. The second-order valence-electron chi connectivity index (χ2n) is 3.51. The first-order valence-electron chi connectivity index (χ1n) is 4.95. The molecule has 0 bridgehead atoms. The molecule has 0 saturated heterocycles. The molecular weight excluding hydrogens is 224 g/mol. The molecule has 16 heavy (non-hydrogen) atoms. The molecule has 82 valence electrons. The van der Waals surface area contributed by atoms with Crippen LogP contribution in [-0.2, 0) is 11.2 Å². The van der Waals surface area contributed by atoms with Crippen LogP contribution in [0.4, 0.5) is 0 Å². The van der Waals surface area contributed by atoms with Gasteiger partial charge in [0.25, 0.3) is 0 Å². The summed E-state index contributed by atoms with van der Waals surface area (Å²) in [5.74, 6) is 0. The van der Waals surface area contributed by atoms with Crippen LogP contribution in [0.5, 0.6) is 0 Å². The van der Waals surface area contributed by atoms with Gasteiger partial charge in [-0.3, -0.25) is 0 Å². The second kappa shape index (κ2) is 4.49. The molecule has 0 spiro atoms. The molecule has 0 amide bonds. The van der Waals surface area contributed by atoms with Crippen molar-refractivity contribution in [2.75, 3.05) is 0 Å². The summed E-state index contributed by atoms with van der Waals surface area (Å²) in [5.41, 5.74) is 2.87. The van der Waals surface area contributed by atoms with Crippen LogP contribution in [0, 0.1) is 6.92 Å². The van der Waals surface area contributed by atoms with Gasteiger partial charge in [0, 0.05) is 22.7 Å². The average molecular weight is 235 g/mol. The van der Waals surface area contributed by atoms with Crippen LogP contribution in [0.25, 0.3) is 5.69 Å². The summed E-state index contributed by atoms with van der Waals surface area (Å²) in [6, 6.07) is 7.43. The third kappa shape index (κ3) is 1.99. The molecule has 0 radical (unpaired) electrons. The Hall–Kier alpha value is -1.61. The molecule has 1 aromatic heterocycles. The third-order valence-electron chi connectivity index (χ3n) is 2.49. The van der Waals surface area contributed by atoms with Crippen LogP contribution in [0.15, 0.2) is 30.5 Å². The molecule has 2 rings (SSSR count). The third-order valence-corrected chi connectivity index (χ3v) is 2.74. The predicted octanol–water partition coefficient (Wildman–Crippen LogP) is 2.58. The molecule has 0 aliphatic rings. The van der Waals surface area contributed by atoms with Crippen molar-refractivity contribution in [1.82, 2.24) is 9.78 Å². The maximum absolute atomic E-state index is 10.5. The summed E-state index contributed by atoms with van der Waals surface area (Å²) in [5, 5.41) is 4.94. The molecule has 0 aliphatic carbocycles. The van der Waals surface area contributed by atoms with Gasteiger partial charge in [-0.1, -0.05) is 11.6 Å². The SMILES string of the molecule is Cc1c(CC=O)cnn1-c1ccc(Cl)cc1. The van der Waals surface area contributed by atoms with Gasteiger partial charge in [-0.15, -0.1) is 0 Å². The van der Waals surface area contributed by atoms with Crippen molar-refractivity contribution in [3.63, 3.8) is 0 Å². The van der Waals surface area contributed by atoms with E-state index in [0.717, 1.165) is 23.2 Å². The van der Waals surface area contributed by atoms with E-state index in [1.807, 2.05) is 31.2 Å². The Kier molecular flexibility index (Phi) is 3.06. The minimum absolute atomic E-state index is 0.402. The normalized spacial score (nSPS) is 10.4. The lowest BCUT2D eigenvalue weighted by atomic mass is 10.2. The lowest BCUT2D eigenvalue weighted by Crippen LogP contribution is -1.99. The van der Waals surface area contributed by atoms with Crippen LogP contribution in [0.2, 0.25) is 5.02 Å². The zero-order valence-electron chi connectivity index (χ0n) is 8.85. The summed E-state index contributed by atoms with van der Waals surface area (Å²) in [6.45, 7) is 1.94. The number of rotatable bonds is 3. The minimum atomic E-state index is 0.402. The van der Waals surface area contributed by atoms with Gasteiger partial charge in [0.05, 0.1) is 11.9 Å². The Morgan fingerprint density at radius 1 is 1.38 bits per heavy atom. The number of carbonyl (C=O) groups is 1. The Morgan fingerprint density at radius 2 is 2.06 bits per heavy atom. The van der Waals surface area contributed by atoms with Crippen molar-refractivity contribution >= 4 is 17.9 Å². The minimum Gasteiger partial charge on any atom is -0.303 e. The fourth-order valence-electron chi connectivity index (χ4n) is 1.58. The van der Waals surface area contributed by atoms with Crippen LogP contribution in [0.3, 0.4) is 0 Å². The van der Waals surface area contributed by atoms with Gasteiger partial charge in [0.15, 0.2) is 0 Å². The first kappa shape index (κ1) is 10.9. The molecule has 2 aromatic rings. The Balaban J connectivity index is 2.40. The van der Waals surface area contributed by atoms with Gasteiger partial charge >= 0.3 is 0 Å². The molecule has 1 aromatic carbocycles. The second-order valence-corrected chi connectivity index (χ2v) is 3.95. The van der Waals surface area contributed by atoms with Gasteiger partial charge in [0.2, 0.25) is 0 Å². The van der Waals surface area contributed by atoms with Crippen molar-refractivity contribution in [1.29, 1.82) is 0 Å². The monoisotopic (exact) mass is 234 g/mol. The van der Waals surface area contributed by atoms with E-state index in [1.165, 1.54) is 0 Å². The van der Waals surface area contributed by atoms with Crippen molar-refractivity contribution in [3.05, 3.63) is 46.7 Å². The molecule has 4 heteroatoms. The number of benzene rings is 1. The van der Waals surface area contributed by atoms with Crippen LogP contribution >= 0.6 is 11.6 Å². The largest absolute Gasteiger partial charge is 0.303 e. The molecule has 3 nitrogen and oxygen atoms in total. The molecule has 0 aliphatic heterocycles. The van der Waals surface area contributed by atoms with E-state index in [0.29, 0.717) is 11.4 Å². The standard InChI is InChI=1S/C12H11ClN2O/c1-9-10(6-7-16)8-14-15(9)12-4-2-11(13)3-5-12/h2-5,7-8H,6H2,1H3. The molecule has 1 heterocycles. The number of halogens is 1. The van der Waals surface area contributed by atoms with E-state index in [1.54, 1.807) is 10.9 Å².